The van der Waals surface area contributed by atoms with Crippen molar-refractivity contribution in [3.05, 3.63) is 48.3 Å². The number of fused-ring (bicyclic) bond motifs is 1. The number of nitrogens with one attached hydrogen (secondary N) is 2. The van der Waals surface area contributed by atoms with Crippen molar-refractivity contribution >= 4 is 29.9 Å². The molecule has 7 heteroatoms. The summed E-state index contributed by atoms with van der Waals surface area (Å²) < 4.78 is 8.06. The average molecular weight is 483 g/mol. The van der Waals surface area contributed by atoms with E-state index >= 15 is 0 Å². The molecule has 6 nitrogen and oxygen atoms in total. The highest BCUT2D eigenvalue weighted by Crippen LogP contribution is 2.39. The molecule has 1 aromatic heterocycles. The number of aryl methyl sites for hydroxylation is 1. The smallest absolute Gasteiger partial charge is 0.191 e. The number of nitrogens with zero attached hydrogens (tertiary/aromatic N) is 3. The van der Waals surface area contributed by atoms with Gasteiger partial charge in [0.15, 0.2) is 5.96 Å². The van der Waals surface area contributed by atoms with Crippen LogP contribution in [0.5, 0.6) is 5.75 Å². The third-order valence-electron chi connectivity index (χ3n) is 4.41. The van der Waals surface area contributed by atoms with Crippen LogP contribution >= 0.6 is 24.0 Å². The minimum Gasteiger partial charge on any atom is -0.487 e. The summed E-state index contributed by atoms with van der Waals surface area (Å²) in [5.41, 5.74) is 0.984. The Balaban J connectivity index is 0.00000261. The fourth-order valence-corrected chi connectivity index (χ4v) is 3.27. The van der Waals surface area contributed by atoms with E-state index < -0.39 is 0 Å². The molecular formula is C20H30IN5O. The van der Waals surface area contributed by atoms with Crippen molar-refractivity contribution in [1.29, 1.82) is 0 Å². The van der Waals surface area contributed by atoms with Crippen LogP contribution < -0.4 is 15.4 Å². The van der Waals surface area contributed by atoms with Crippen molar-refractivity contribution < 1.29 is 4.74 Å². The Morgan fingerprint density at radius 3 is 2.89 bits per heavy atom. The van der Waals surface area contributed by atoms with Crippen molar-refractivity contribution in [1.82, 2.24) is 20.4 Å². The molecule has 0 saturated carbocycles. The highest BCUT2D eigenvalue weighted by atomic mass is 127. The van der Waals surface area contributed by atoms with Crippen LogP contribution in [0.4, 0.5) is 0 Å². The first-order chi connectivity index (χ1) is 12.6. The van der Waals surface area contributed by atoms with Gasteiger partial charge in [-0.3, -0.25) is 9.67 Å². The molecule has 0 radical (unpaired) electrons. The Morgan fingerprint density at radius 2 is 2.15 bits per heavy atom. The largest absolute Gasteiger partial charge is 0.487 e. The summed E-state index contributed by atoms with van der Waals surface area (Å²) in [7, 11) is 0. The van der Waals surface area contributed by atoms with Gasteiger partial charge in [0, 0.05) is 44.0 Å². The monoisotopic (exact) mass is 483 g/mol. The summed E-state index contributed by atoms with van der Waals surface area (Å²) in [5.74, 6) is 1.81. The van der Waals surface area contributed by atoms with Crippen molar-refractivity contribution in [3.8, 4) is 5.75 Å². The lowest BCUT2D eigenvalue weighted by Gasteiger charge is -2.38. The molecule has 0 bridgehead atoms. The average Bonchev–Trinajstić information content (AvgIpc) is 3.11. The van der Waals surface area contributed by atoms with E-state index in [1.807, 2.05) is 29.1 Å². The van der Waals surface area contributed by atoms with E-state index in [1.54, 1.807) is 6.20 Å². The number of aliphatic imine (C=N–C) groups is 1. The number of hydrogen-bond donors (Lipinski definition) is 2. The van der Waals surface area contributed by atoms with Gasteiger partial charge in [-0.2, -0.15) is 5.10 Å². The van der Waals surface area contributed by atoms with E-state index in [9.17, 15) is 0 Å². The molecule has 2 aromatic rings. The number of aromatic nitrogens is 2. The minimum atomic E-state index is -0.205. The first kappa shape index (κ1) is 21.5. The van der Waals surface area contributed by atoms with E-state index in [0.717, 1.165) is 44.2 Å². The third-order valence-corrected chi connectivity index (χ3v) is 4.41. The zero-order chi connectivity index (χ0) is 18.4. The van der Waals surface area contributed by atoms with Gasteiger partial charge in [-0.15, -0.1) is 24.0 Å². The van der Waals surface area contributed by atoms with Crippen molar-refractivity contribution in [2.45, 2.75) is 51.8 Å². The van der Waals surface area contributed by atoms with E-state index in [-0.39, 0.29) is 35.6 Å². The Morgan fingerprint density at radius 1 is 1.33 bits per heavy atom. The fourth-order valence-electron chi connectivity index (χ4n) is 3.27. The SMILES string of the molecule is CCNC(=NCCCn1cccn1)NC1CC(C)(C)Oc2ccccc21.I. The highest BCUT2D eigenvalue weighted by molar-refractivity contribution is 14.0. The second-order valence-corrected chi connectivity index (χ2v) is 7.18. The van der Waals surface area contributed by atoms with Gasteiger partial charge >= 0.3 is 0 Å². The maximum absolute atomic E-state index is 6.12. The molecular weight excluding hydrogens is 453 g/mol. The minimum absolute atomic E-state index is 0. The lowest BCUT2D eigenvalue weighted by atomic mass is 9.90. The van der Waals surface area contributed by atoms with Gasteiger partial charge in [0.2, 0.25) is 0 Å². The summed E-state index contributed by atoms with van der Waals surface area (Å²) in [6.45, 7) is 8.81. The highest BCUT2D eigenvalue weighted by Gasteiger charge is 2.33. The molecule has 1 aliphatic rings. The lowest BCUT2D eigenvalue weighted by Crippen LogP contribution is -2.45. The van der Waals surface area contributed by atoms with Crippen molar-refractivity contribution in [3.63, 3.8) is 0 Å². The number of rotatable bonds is 6. The van der Waals surface area contributed by atoms with Crippen LogP contribution in [0.2, 0.25) is 0 Å². The molecule has 0 aliphatic carbocycles. The standard InChI is InChI=1S/C20H29N5O.HI/c1-4-21-19(22-11-7-13-25-14-8-12-23-25)24-17-15-20(2,3)26-18-10-6-5-9-16(17)18;/h5-6,8-10,12,14,17H,4,7,11,13,15H2,1-3H3,(H2,21,22,24);1H. The molecule has 3 rings (SSSR count). The van der Waals surface area contributed by atoms with Gasteiger partial charge in [0.05, 0.1) is 6.04 Å². The van der Waals surface area contributed by atoms with E-state index in [0.29, 0.717) is 0 Å². The Labute approximate surface area is 178 Å². The molecule has 0 amide bonds. The lowest BCUT2D eigenvalue weighted by molar-refractivity contribution is 0.0694. The van der Waals surface area contributed by atoms with Crippen LogP contribution in [-0.2, 0) is 6.54 Å². The van der Waals surface area contributed by atoms with Gasteiger partial charge in [-0.05, 0) is 39.3 Å². The topological polar surface area (TPSA) is 63.5 Å². The van der Waals surface area contributed by atoms with Crippen LogP contribution in [0.15, 0.2) is 47.7 Å². The Bertz CT molecular complexity index is 730. The third kappa shape index (κ3) is 6.12. The quantitative estimate of drug-likeness (QED) is 0.285. The van der Waals surface area contributed by atoms with Crippen molar-refractivity contribution in [2.75, 3.05) is 13.1 Å². The second kappa shape index (κ2) is 9.96. The number of ether oxygens (including phenoxy) is 1. The van der Waals surface area contributed by atoms with Crippen LogP contribution in [0.1, 0.15) is 45.2 Å². The molecule has 1 atom stereocenters. The van der Waals surface area contributed by atoms with Crippen molar-refractivity contribution in [2.24, 2.45) is 4.99 Å². The number of halogens is 1. The fraction of sp³-hybridized carbons (Fsp3) is 0.500. The second-order valence-electron chi connectivity index (χ2n) is 7.18. The van der Waals surface area contributed by atoms with Gasteiger partial charge in [-0.1, -0.05) is 18.2 Å². The van der Waals surface area contributed by atoms with Crippen LogP contribution in [-0.4, -0.2) is 34.4 Å². The first-order valence-corrected chi connectivity index (χ1v) is 9.37. The van der Waals surface area contributed by atoms with E-state index in [4.69, 9.17) is 9.73 Å². The maximum Gasteiger partial charge on any atom is 0.191 e. The molecule has 148 valence electrons. The van der Waals surface area contributed by atoms with Crippen LogP contribution in [0.25, 0.3) is 0 Å². The van der Waals surface area contributed by atoms with Crippen LogP contribution in [0, 0.1) is 0 Å². The molecule has 27 heavy (non-hydrogen) atoms. The predicted molar refractivity (Wildman–Crippen MR) is 120 cm³/mol. The summed E-state index contributed by atoms with van der Waals surface area (Å²) in [6.07, 6.45) is 5.63. The first-order valence-electron chi connectivity index (χ1n) is 9.37. The van der Waals surface area contributed by atoms with Crippen LogP contribution in [0.3, 0.4) is 0 Å². The van der Waals surface area contributed by atoms with E-state index in [2.05, 4.69) is 48.6 Å². The molecule has 0 saturated heterocycles. The molecule has 1 unspecified atom stereocenters. The normalized spacial score (nSPS) is 18.0. The predicted octanol–water partition coefficient (Wildman–Crippen LogP) is 3.75. The number of benzene rings is 1. The summed E-state index contributed by atoms with van der Waals surface area (Å²) in [6, 6.07) is 10.4. The zero-order valence-corrected chi connectivity index (χ0v) is 18.6. The number of hydrogen-bond acceptors (Lipinski definition) is 3. The summed E-state index contributed by atoms with van der Waals surface area (Å²) in [5, 5.41) is 11.2. The zero-order valence-electron chi connectivity index (χ0n) is 16.3. The molecule has 2 heterocycles. The molecule has 1 aromatic carbocycles. The maximum atomic E-state index is 6.12. The Kier molecular flexibility index (Phi) is 7.94. The summed E-state index contributed by atoms with van der Waals surface area (Å²) in [4.78, 5) is 4.74. The molecule has 1 aliphatic heterocycles. The summed E-state index contributed by atoms with van der Waals surface area (Å²) >= 11 is 0. The van der Waals surface area contributed by atoms with Gasteiger partial charge in [0.25, 0.3) is 0 Å². The van der Waals surface area contributed by atoms with Gasteiger partial charge < -0.3 is 15.4 Å². The molecule has 2 N–H and O–H groups in total. The van der Waals surface area contributed by atoms with Gasteiger partial charge in [-0.25, -0.2) is 0 Å². The number of para-hydroxylation sites is 1. The molecule has 0 spiro atoms. The van der Waals surface area contributed by atoms with Gasteiger partial charge in [0.1, 0.15) is 11.4 Å². The number of guanidine groups is 1. The Hall–Kier alpha value is -1.77. The molecule has 0 fully saturated rings. The van der Waals surface area contributed by atoms with E-state index in [1.165, 1.54) is 5.56 Å².